The van der Waals surface area contributed by atoms with Crippen LogP contribution in [0.1, 0.15) is 12.8 Å². The smallest absolute Gasteiger partial charge is 0.229 e. The van der Waals surface area contributed by atoms with E-state index in [0.717, 1.165) is 19.4 Å². The van der Waals surface area contributed by atoms with E-state index in [0.29, 0.717) is 26.4 Å². The van der Waals surface area contributed by atoms with Crippen molar-refractivity contribution in [3.05, 3.63) is 0 Å². The van der Waals surface area contributed by atoms with Crippen molar-refractivity contribution in [2.45, 2.75) is 18.9 Å². The molecule has 88 valence electrons. The fourth-order valence-corrected chi connectivity index (χ4v) is 2.14. The zero-order chi connectivity index (χ0) is 11.4. The summed E-state index contributed by atoms with van der Waals surface area (Å²) in [5.41, 5.74) is 0. The molecule has 2 fully saturated rings. The monoisotopic (exact) mass is 224 g/mol. The predicted octanol–water partition coefficient (Wildman–Crippen LogP) is 0.164. The molecule has 2 atom stereocenters. The van der Waals surface area contributed by atoms with E-state index in [1.165, 1.54) is 0 Å². The largest absolute Gasteiger partial charge is 0.381 e. The predicted molar refractivity (Wildman–Crippen MR) is 55.5 cm³/mol. The molecule has 0 unspecified atom stereocenters. The molecule has 16 heavy (non-hydrogen) atoms. The van der Waals surface area contributed by atoms with E-state index in [9.17, 15) is 4.79 Å². The Morgan fingerprint density at radius 2 is 2.12 bits per heavy atom. The third kappa shape index (κ3) is 2.34. The van der Waals surface area contributed by atoms with Gasteiger partial charge >= 0.3 is 0 Å². The minimum Gasteiger partial charge on any atom is -0.381 e. The summed E-state index contributed by atoms with van der Waals surface area (Å²) < 4.78 is 10.5. The van der Waals surface area contributed by atoms with Crippen molar-refractivity contribution >= 4 is 5.91 Å². The molecule has 1 amide bonds. The normalized spacial score (nSPS) is 30.8. The molecule has 0 aromatic carbocycles. The van der Waals surface area contributed by atoms with Crippen molar-refractivity contribution in [2.75, 3.05) is 33.0 Å². The van der Waals surface area contributed by atoms with Crippen molar-refractivity contribution in [3.63, 3.8) is 0 Å². The zero-order valence-electron chi connectivity index (χ0n) is 9.22. The maximum atomic E-state index is 12.2. The Morgan fingerprint density at radius 1 is 1.31 bits per heavy atom. The molecule has 5 nitrogen and oxygen atoms in total. The summed E-state index contributed by atoms with van der Waals surface area (Å²) in [4.78, 5) is 13.8. The number of carbonyl (C=O) groups is 1. The highest BCUT2D eigenvalue weighted by Gasteiger charge is 2.32. The molecule has 0 N–H and O–H groups in total. The number of nitriles is 1. The molecular weight excluding hydrogens is 208 g/mol. The molecule has 0 saturated carbocycles. The second-order valence-corrected chi connectivity index (χ2v) is 4.17. The van der Waals surface area contributed by atoms with Gasteiger partial charge in [-0.3, -0.25) is 4.79 Å². The van der Waals surface area contributed by atoms with Crippen LogP contribution in [-0.2, 0) is 14.3 Å². The Hall–Kier alpha value is -1.12. The van der Waals surface area contributed by atoms with Crippen molar-refractivity contribution in [3.8, 4) is 6.07 Å². The van der Waals surface area contributed by atoms with Crippen molar-refractivity contribution in [1.29, 1.82) is 5.26 Å². The number of nitrogens with zero attached hydrogens (tertiary/aromatic N) is 2. The van der Waals surface area contributed by atoms with Gasteiger partial charge in [-0.25, -0.2) is 0 Å². The topological polar surface area (TPSA) is 62.6 Å². The van der Waals surface area contributed by atoms with Crippen LogP contribution in [-0.4, -0.2) is 49.8 Å². The molecule has 2 aliphatic rings. The number of carbonyl (C=O) groups excluding carboxylic acids is 1. The summed E-state index contributed by atoms with van der Waals surface area (Å²) in [5, 5.41) is 8.95. The van der Waals surface area contributed by atoms with E-state index < -0.39 is 6.04 Å². The highest BCUT2D eigenvalue weighted by Crippen LogP contribution is 2.19. The Kier molecular flexibility index (Phi) is 3.75. The summed E-state index contributed by atoms with van der Waals surface area (Å²) >= 11 is 0. The third-order valence-corrected chi connectivity index (χ3v) is 3.07. The van der Waals surface area contributed by atoms with Crippen LogP contribution in [0.3, 0.4) is 0 Å². The molecule has 2 rings (SSSR count). The lowest BCUT2D eigenvalue weighted by atomic mass is 9.99. The lowest BCUT2D eigenvalue weighted by Crippen LogP contribution is -2.51. The minimum atomic E-state index is -0.428. The molecular formula is C11H16N2O3. The van der Waals surface area contributed by atoms with Gasteiger partial charge in [-0.15, -0.1) is 0 Å². The van der Waals surface area contributed by atoms with Gasteiger partial charge in [-0.2, -0.15) is 5.26 Å². The van der Waals surface area contributed by atoms with E-state index in [1.807, 2.05) is 0 Å². The van der Waals surface area contributed by atoms with Gasteiger partial charge in [0.2, 0.25) is 5.91 Å². The maximum Gasteiger partial charge on any atom is 0.229 e. The minimum absolute atomic E-state index is 0.0505. The molecule has 0 spiro atoms. The van der Waals surface area contributed by atoms with Crippen molar-refractivity contribution in [2.24, 2.45) is 5.92 Å². The van der Waals surface area contributed by atoms with Crippen LogP contribution in [0.4, 0.5) is 0 Å². The number of amides is 1. The molecule has 2 saturated heterocycles. The van der Waals surface area contributed by atoms with E-state index in [2.05, 4.69) is 6.07 Å². The molecule has 0 aliphatic carbocycles. The Bertz CT molecular complexity index is 294. The summed E-state index contributed by atoms with van der Waals surface area (Å²) in [6.07, 6.45) is 1.80. The Balaban J connectivity index is 1.98. The van der Waals surface area contributed by atoms with Gasteiger partial charge in [0.1, 0.15) is 6.04 Å². The highest BCUT2D eigenvalue weighted by atomic mass is 16.5. The molecule has 2 aliphatic heterocycles. The third-order valence-electron chi connectivity index (χ3n) is 3.07. The fourth-order valence-electron chi connectivity index (χ4n) is 2.14. The van der Waals surface area contributed by atoms with Crippen LogP contribution in [0.25, 0.3) is 0 Å². The molecule has 0 aromatic heterocycles. The quantitative estimate of drug-likeness (QED) is 0.636. The number of hydrogen-bond acceptors (Lipinski definition) is 4. The number of morpholine rings is 1. The lowest BCUT2D eigenvalue weighted by Gasteiger charge is -2.35. The van der Waals surface area contributed by atoms with Crippen molar-refractivity contribution < 1.29 is 14.3 Å². The summed E-state index contributed by atoms with van der Waals surface area (Å²) in [6.45, 7) is 2.61. The van der Waals surface area contributed by atoms with Gasteiger partial charge in [0.05, 0.1) is 31.8 Å². The van der Waals surface area contributed by atoms with E-state index in [1.54, 1.807) is 4.90 Å². The van der Waals surface area contributed by atoms with Crippen LogP contribution in [0.15, 0.2) is 0 Å². The van der Waals surface area contributed by atoms with E-state index in [-0.39, 0.29) is 11.8 Å². The maximum absolute atomic E-state index is 12.2. The van der Waals surface area contributed by atoms with Gasteiger partial charge in [-0.05, 0) is 12.8 Å². The summed E-state index contributed by atoms with van der Waals surface area (Å²) in [7, 11) is 0. The van der Waals surface area contributed by atoms with Crippen LogP contribution in [0.5, 0.6) is 0 Å². The van der Waals surface area contributed by atoms with Gasteiger partial charge < -0.3 is 14.4 Å². The summed E-state index contributed by atoms with van der Waals surface area (Å²) in [5.74, 6) is -0.0164. The van der Waals surface area contributed by atoms with Gasteiger partial charge in [0, 0.05) is 13.2 Å². The summed E-state index contributed by atoms with van der Waals surface area (Å²) in [6, 6.07) is 1.69. The molecule has 0 radical (unpaired) electrons. The Morgan fingerprint density at radius 3 is 2.81 bits per heavy atom. The Labute approximate surface area is 94.9 Å². The van der Waals surface area contributed by atoms with E-state index >= 15 is 0 Å². The molecule has 0 bridgehead atoms. The molecule has 2 heterocycles. The second-order valence-electron chi connectivity index (χ2n) is 4.17. The van der Waals surface area contributed by atoms with E-state index in [4.69, 9.17) is 14.7 Å². The van der Waals surface area contributed by atoms with Gasteiger partial charge in [0.15, 0.2) is 0 Å². The lowest BCUT2D eigenvalue weighted by molar-refractivity contribution is -0.146. The first-order valence-corrected chi connectivity index (χ1v) is 5.68. The molecule has 5 heteroatoms. The fraction of sp³-hybridized carbons (Fsp3) is 0.818. The average molecular weight is 224 g/mol. The number of rotatable bonds is 1. The number of ether oxygens (including phenoxy) is 2. The van der Waals surface area contributed by atoms with Crippen LogP contribution < -0.4 is 0 Å². The zero-order valence-corrected chi connectivity index (χ0v) is 9.22. The first-order chi connectivity index (χ1) is 7.83. The van der Waals surface area contributed by atoms with Crippen LogP contribution >= 0.6 is 0 Å². The van der Waals surface area contributed by atoms with Gasteiger partial charge in [-0.1, -0.05) is 0 Å². The van der Waals surface area contributed by atoms with Crippen LogP contribution in [0.2, 0.25) is 0 Å². The highest BCUT2D eigenvalue weighted by molar-refractivity contribution is 5.79. The van der Waals surface area contributed by atoms with Gasteiger partial charge in [0.25, 0.3) is 0 Å². The van der Waals surface area contributed by atoms with Crippen molar-refractivity contribution in [1.82, 2.24) is 4.90 Å². The first kappa shape index (κ1) is 11.4. The number of hydrogen-bond donors (Lipinski definition) is 0. The SMILES string of the molecule is N#C[C@H]1COCCN1C(=O)[C@H]1CCCOC1. The second kappa shape index (κ2) is 5.28. The van der Waals surface area contributed by atoms with Crippen LogP contribution in [0, 0.1) is 17.2 Å². The first-order valence-electron chi connectivity index (χ1n) is 5.68. The average Bonchev–Trinajstić information content (AvgIpc) is 2.39. The molecule has 0 aromatic rings. The standard InChI is InChI=1S/C11H16N2O3/c12-6-10-8-16-5-3-13(10)11(14)9-2-1-4-15-7-9/h9-10H,1-5,7-8H2/t9-,10-/m0/s1.